The first kappa shape index (κ1) is 18.4. The van der Waals surface area contributed by atoms with Gasteiger partial charge in [-0.2, -0.15) is 0 Å². The van der Waals surface area contributed by atoms with Gasteiger partial charge >= 0.3 is 12.4 Å². The number of esters is 1. The zero-order chi connectivity index (χ0) is 19.5. The summed E-state index contributed by atoms with van der Waals surface area (Å²) in [6.07, 6.45) is -1.11. The summed E-state index contributed by atoms with van der Waals surface area (Å²) >= 11 is 3.44. The smallest absolute Gasteiger partial charge is 0.418 e. The Morgan fingerprint density at radius 1 is 0.929 bits per heavy atom. The van der Waals surface area contributed by atoms with E-state index in [1.807, 2.05) is 72.8 Å². The van der Waals surface area contributed by atoms with Gasteiger partial charge in [0.05, 0.1) is 5.92 Å². The van der Waals surface area contributed by atoms with E-state index in [1.54, 1.807) is 0 Å². The van der Waals surface area contributed by atoms with Crippen LogP contribution < -0.4 is 0 Å². The van der Waals surface area contributed by atoms with Crippen molar-refractivity contribution in [3.05, 3.63) is 94.0 Å². The summed E-state index contributed by atoms with van der Waals surface area (Å²) in [6, 6.07) is 23.1. The van der Waals surface area contributed by atoms with Crippen LogP contribution in [-0.2, 0) is 25.7 Å². The van der Waals surface area contributed by atoms with Crippen LogP contribution in [0.15, 0.2) is 77.3 Å². The van der Waals surface area contributed by atoms with Crippen molar-refractivity contribution < 1.29 is 19.1 Å². The molecule has 0 heterocycles. The molecule has 28 heavy (non-hydrogen) atoms. The van der Waals surface area contributed by atoms with E-state index in [0.29, 0.717) is 0 Å². The lowest BCUT2D eigenvalue weighted by Crippen LogP contribution is -2.32. The predicted octanol–water partition coefficient (Wildman–Crippen LogP) is 4.76. The van der Waals surface area contributed by atoms with Gasteiger partial charge in [-0.25, -0.2) is 9.59 Å². The van der Waals surface area contributed by atoms with Crippen molar-refractivity contribution in [1.29, 1.82) is 0 Å². The Bertz CT molecular complexity index is 985. The number of halogens is 1. The summed E-state index contributed by atoms with van der Waals surface area (Å²) in [6.45, 7) is 1.52. The normalized spacial score (nSPS) is 13.3. The molecular weight excluding hydrogens is 420 g/mol. The van der Waals surface area contributed by atoms with Gasteiger partial charge in [0.1, 0.15) is 6.61 Å². The van der Waals surface area contributed by atoms with Gasteiger partial charge in [-0.15, -0.1) is 0 Å². The Labute approximate surface area is 171 Å². The number of hydrogen-bond donors (Lipinski definition) is 0. The summed E-state index contributed by atoms with van der Waals surface area (Å²) < 4.78 is 11.5. The van der Waals surface area contributed by atoms with Crippen LogP contribution in [0.1, 0.15) is 22.6 Å². The van der Waals surface area contributed by atoms with E-state index in [2.05, 4.69) is 15.9 Å². The molecule has 0 saturated heterocycles. The third-order valence-corrected chi connectivity index (χ3v) is 5.69. The fourth-order valence-electron chi connectivity index (χ4n) is 3.67. The number of carbonyl (C=O) groups is 1. The molecule has 139 valence electrons. The Morgan fingerprint density at radius 2 is 1.50 bits per heavy atom. The summed E-state index contributed by atoms with van der Waals surface area (Å²) in [5.74, 6) is -1.03. The molecule has 4 rings (SSSR count). The molecule has 1 atom stereocenters. The molecule has 0 bridgehead atoms. The van der Waals surface area contributed by atoms with Gasteiger partial charge < -0.3 is 9.47 Å². The average Bonchev–Trinajstić information content (AvgIpc) is 3.06. The van der Waals surface area contributed by atoms with Crippen molar-refractivity contribution in [3.8, 4) is 11.1 Å². The molecule has 3 aromatic carbocycles. The first-order valence-corrected chi connectivity index (χ1v) is 9.61. The zero-order valence-electron chi connectivity index (χ0n) is 14.8. The van der Waals surface area contributed by atoms with E-state index in [0.717, 1.165) is 32.3 Å². The second-order valence-corrected chi connectivity index (χ2v) is 7.33. The summed E-state index contributed by atoms with van der Waals surface area (Å²) in [5.41, 5.74) is 4.75. The lowest BCUT2D eigenvalue weighted by molar-refractivity contribution is -0.154. The van der Waals surface area contributed by atoms with E-state index >= 15 is 0 Å². The molecule has 0 spiro atoms. The van der Waals surface area contributed by atoms with Crippen LogP contribution in [-0.4, -0.2) is 18.5 Å². The van der Waals surface area contributed by atoms with Crippen molar-refractivity contribution >= 4 is 28.4 Å². The minimum Gasteiger partial charge on any atom is -0.458 e. The maximum absolute atomic E-state index is 12.9. The molecule has 0 amide bonds. The Balaban J connectivity index is 1.65. The number of carbonyl (C=O) groups excluding carboxylic acids is 2. The first-order chi connectivity index (χ1) is 13.7. The molecule has 0 fully saturated rings. The summed E-state index contributed by atoms with van der Waals surface area (Å²) in [7, 11) is 0. The molecule has 5 heteroatoms. The Hall–Kier alpha value is -2.92. The molecule has 1 aliphatic rings. The van der Waals surface area contributed by atoms with Gasteiger partial charge in [-0.3, -0.25) is 0 Å². The summed E-state index contributed by atoms with van der Waals surface area (Å²) in [5, 5.41) is 0. The average molecular weight is 436 g/mol. The second kappa shape index (κ2) is 7.98. The van der Waals surface area contributed by atoms with Crippen molar-refractivity contribution in [2.75, 3.05) is 0 Å². The minimum atomic E-state index is -1.11. The van der Waals surface area contributed by atoms with Gasteiger partial charge in [0.2, 0.25) is 6.10 Å². The molecule has 4 nitrogen and oxygen atoms in total. The molecule has 1 aliphatic carbocycles. The van der Waals surface area contributed by atoms with E-state index in [9.17, 15) is 9.59 Å². The number of hydrogen-bond acceptors (Lipinski definition) is 4. The zero-order valence-corrected chi connectivity index (χ0v) is 16.4. The van der Waals surface area contributed by atoms with Crippen LogP contribution in [0.25, 0.3) is 11.1 Å². The number of benzene rings is 3. The Kier molecular flexibility index (Phi) is 5.26. The molecule has 1 unspecified atom stereocenters. The monoisotopic (exact) mass is 435 g/mol. The SMILES string of the molecule is O=[C]OC(C(=O)OCc1ccccc1Br)C1c2ccccc2-c2ccccc21. The van der Waals surface area contributed by atoms with Crippen molar-refractivity contribution in [2.24, 2.45) is 0 Å². The fourth-order valence-corrected chi connectivity index (χ4v) is 4.07. The molecule has 3 aromatic rings. The van der Waals surface area contributed by atoms with Gasteiger partial charge in [-0.1, -0.05) is 82.7 Å². The van der Waals surface area contributed by atoms with E-state index in [1.165, 1.54) is 6.47 Å². The fraction of sp³-hybridized carbons (Fsp3) is 0.130. The lowest BCUT2D eigenvalue weighted by Gasteiger charge is -2.22. The maximum Gasteiger partial charge on any atom is 0.418 e. The minimum absolute atomic E-state index is 0.0784. The highest BCUT2D eigenvalue weighted by Crippen LogP contribution is 2.47. The largest absolute Gasteiger partial charge is 0.458 e. The third-order valence-electron chi connectivity index (χ3n) is 4.92. The van der Waals surface area contributed by atoms with Crippen LogP contribution in [0.2, 0.25) is 0 Å². The number of ether oxygens (including phenoxy) is 2. The van der Waals surface area contributed by atoms with Crippen LogP contribution in [0, 0.1) is 0 Å². The number of rotatable bonds is 6. The first-order valence-electron chi connectivity index (χ1n) is 8.81. The summed E-state index contributed by atoms with van der Waals surface area (Å²) in [4.78, 5) is 23.9. The molecule has 0 N–H and O–H groups in total. The molecule has 0 saturated carbocycles. The van der Waals surface area contributed by atoms with E-state index in [4.69, 9.17) is 9.47 Å². The molecule has 0 aliphatic heterocycles. The van der Waals surface area contributed by atoms with Gasteiger partial charge in [0.15, 0.2) is 0 Å². The van der Waals surface area contributed by atoms with E-state index in [-0.39, 0.29) is 6.61 Å². The van der Waals surface area contributed by atoms with Gasteiger partial charge in [-0.05, 0) is 28.3 Å². The highest BCUT2D eigenvalue weighted by Gasteiger charge is 2.40. The topological polar surface area (TPSA) is 52.6 Å². The van der Waals surface area contributed by atoms with Gasteiger partial charge in [0, 0.05) is 10.0 Å². The molecule has 1 radical (unpaired) electrons. The van der Waals surface area contributed by atoms with Gasteiger partial charge in [0.25, 0.3) is 0 Å². The van der Waals surface area contributed by atoms with E-state index < -0.39 is 18.0 Å². The Morgan fingerprint density at radius 3 is 2.11 bits per heavy atom. The van der Waals surface area contributed by atoms with Crippen LogP contribution in [0.4, 0.5) is 0 Å². The quantitative estimate of drug-likeness (QED) is 0.523. The maximum atomic E-state index is 12.9. The highest BCUT2D eigenvalue weighted by molar-refractivity contribution is 9.10. The van der Waals surface area contributed by atoms with Crippen LogP contribution >= 0.6 is 15.9 Å². The van der Waals surface area contributed by atoms with Crippen molar-refractivity contribution in [1.82, 2.24) is 0 Å². The van der Waals surface area contributed by atoms with Crippen LogP contribution in [0.3, 0.4) is 0 Å². The standard InChI is InChI=1S/C23H16BrO4/c24-20-12-6-1-7-15(20)13-27-23(26)22(28-14-25)21-18-10-4-2-8-16(18)17-9-3-5-11-19(17)21/h1-12,21-22H,13H2. The molecule has 0 aromatic heterocycles. The van der Waals surface area contributed by atoms with Crippen molar-refractivity contribution in [3.63, 3.8) is 0 Å². The highest BCUT2D eigenvalue weighted by atomic mass is 79.9. The van der Waals surface area contributed by atoms with Crippen LogP contribution in [0.5, 0.6) is 0 Å². The molecular formula is C23H16BrO4. The third kappa shape index (κ3) is 3.34. The second-order valence-electron chi connectivity index (χ2n) is 6.47. The van der Waals surface area contributed by atoms with Crippen molar-refractivity contribution in [2.45, 2.75) is 18.6 Å². The number of fused-ring (bicyclic) bond motifs is 3. The predicted molar refractivity (Wildman–Crippen MR) is 108 cm³/mol. The lowest BCUT2D eigenvalue weighted by atomic mass is 9.91.